The van der Waals surface area contributed by atoms with E-state index in [4.69, 9.17) is 16.3 Å². The van der Waals surface area contributed by atoms with Crippen molar-refractivity contribution in [1.29, 1.82) is 0 Å². The van der Waals surface area contributed by atoms with Crippen molar-refractivity contribution in [3.8, 4) is 17.1 Å². The van der Waals surface area contributed by atoms with Crippen molar-refractivity contribution in [2.75, 3.05) is 19.0 Å². The molecular weight excluding hydrogens is 426 g/mol. The molecule has 1 atom stereocenters. The Morgan fingerprint density at radius 1 is 1.35 bits per heavy atom. The number of esters is 1. The molecule has 1 amide bonds. The lowest BCUT2D eigenvalue weighted by Crippen LogP contribution is -2.23. The molecule has 1 aromatic carbocycles. The molecule has 0 bridgehead atoms. The van der Waals surface area contributed by atoms with Crippen molar-refractivity contribution in [1.82, 2.24) is 19.8 Å². The van der Waals surface area contributed by atoms with Crippen LogP contribution in [0.2, 0.25) is 5.02 Å². The fourth-order valence-corrected chi connectivity index (χ4v) is 3.26. The molecule has 3 aromatic rings. The van der Waals surface area contributed by atoms with Gasteiger partial charge < -0.3 is 14.6 Å². The number of anilines is 1. The largest absolute Gasteiger partial charge is 0.506 e. The second-order valence-electron chi connectivity index (χ2n) is 8.10. The Kier molecular flexibility index (Phi) is 6.12. The van der Waals surface area contributed by atoms with Crippen LogP contribution in [0.1, 0.15) is 33.4 Å². The highest BCUT2D eigenvalue weighted by atomic mass is 35.5. The number of aromatic hydroxyl groups is 1. The number of phenols is 1. The fourth-order valence-electron chi connectivity index (χ4n) is 2.81. The molecule has 2 heterocycles. The van der Waals surface area contributed by atoms with Crippen LogP contribution in [0, 0.1) is 5.92 Å². The van der Waals surface area contributed by atoms with Gasteiger partial charge in [0, 0.05) is 11.0 Å². The lowest BCUT2D eigenvalue weighted by Gasteiger charge is -2.16. The normalized spacial score (nSPS) is 12.6. The summed E-state index contributed by atoms with van der Waals surface area (Å²) in [5.74, 6) is -0.924. The van der Waals surface area contributed by atoms with Crippen LogP contribution in [0.15, 0.2) is 18.2 Å². The van der Waals surface area contributed by atoms with Crippen molar-refractivity contribution in [3.05, 3.63) is 28.9 Å². The highest BCUT2D eigenvalue weighted by molar-refractivity contribution is 6.34. The highest BCUT2D eigenvalue weighted by Gasteiger charge is 2.24. The summed E-state index contributed by atoms with van der Waals surface area (Å²) in [5, 5.41) is 20.5. The number of benzene rings is 1. The van der Waals surface area contributed by atoms with E-state index >= 15 is 0 Å². The topological polar surface area (TPSA) is 131 Å². The van der Waals surface area contributed by atoms with E-state index in [9.17, 15) is 14.7 Å². The maximum absolute atomic E-state index is 12.0. The third-order valence-corrected chi connectivity index (χ3v) is 4.91. The van der Waals surface area contributed by atoms with Gasteiger partial charge in [-0.25, -0.2) is 9.78 Å². The minimum atomic E-state index is -0.828. The number of carbonyl (C=O) groups is 2. The van der Waals surface area contributed by atoms with Gasteiger partial charge in [-0.1, -0.05) is 32.4 Å². The molecule has 0 aliphatic carbocycles. The number of ether oxygens (including phenoxy) is 2. The van der Waals surface area contributed by atoms with Crippen LogP contribution in [0.3, 0.4) is 0 Å². The lowest BCUT2D eigenvalue weighted by atomic mass is 9.92. The Hall–Kier alpha value is -3.27. The zero-order valence-electron chi connectivity index (χ0n) is 17.8. The van der Waals surface area contributed by atoms with Crippen LogP contribution in [0.4, 0.5) is 10.5 Å². The molecule has 1 unspecified atom stereocenters. The second kappa shape index (κ2) is 8.46. The number of aromatic nitrogens is 4. The summed E-state index contributed by atoms with van der Waals surface area (Å²) in [6.45, 7) is 7.47. The average molecular weight is 450 g/mol. The van der Waals surface area contributed by atoms with Crippen LogP contribution in [0.25, 0.3) is 17.0 Å². The van der Waals surface area contributed by atoms with Crippen molar-refractivity contribution >= 4 is 35.0 Å². The van der Waals surface area contributed by atoms with Gasteiger partial charge in [-0.15, -0.1) is 5.10 Å². The van der Waals surface area contributed by atoms with E-state index in [2.05, 4.69) is 25.2 Å². The van der Waals surface area contributed by atoms with E-state index in [0.717, 1.165) is 5.69 Å². The van der Waals surface area contributed by atoms with Gasteiger partial charge in [0.1, 0.15) is 17.4 Å². The Labute approximate surface area is 183 Å². The molecule has 2 aromatic heterocycles. The number of hydrogen-bond acceptors (Lipinski definition) is 7. The van der Waals surface area contributed by atoms with Gasteiger partial charge in [0.2, 0.25) is 0 Å². The monoisotopic (exact) mass is 449 g/mol. The maximum Gasteiger partial charge on any atom is 0.411 e. The fraction of sp³-hybridized carbons (Fsp3) is 0.400. The average Bonchev–Trinajstić information content (AvgIpc) is 3.26. The summed E-state index contributed by atoms with van der Waals surface area (Å²) in [6.07, 6.45) is -0.828. The summed E-state index contributed by atoms with van der Waals surface area (Å²) in [4.78, 5) is 27.9. The van der Waals surface area contributed by atoms with E-state index in [1.165, 1.54) is 23.9 Å². The molecule has 0 saturated heterocycles. The molecule has 0 fully saturated rings. The number of phenolic OH excluding ortho intramolecular Hbond substituents is 1. The molecule has 11 heteroatoms. The number of amides is 1. The quantitative estimate of drug-likeness (QED) is 0.399. The first-order valence-electron chi connectivity index (χ1n) is 9.51. The van der Waals surface area contributed by atoms with E-state index in [1.807, 2.05) is 20.8 Å². The number of fused-ring (bicyclic) bond motifs is 1. The number of nitrogens with one attached hydrogen (secondary N) is 2. The Morgan fingerprint density at radius 2 is 2.06 bits per heavy atom. The Morgan fingerprint density at radius 3 is 2.68 bits per heavy atom. The molecule has 0 aliphatic heterocycles. The number of methoxy groups -OCH3 is 1. The molecule has 3 N–H and O–H groups in total. The number of halogens is 1. The third-order valence-electron chi connectivity index (χ3n) is 4.55. The van der Waals surface area contributed by atoms with Crippen LogP contribution in [0.5, 0.6) is 5.75 Å². The van der Waals surface area contributed by atoms with Gasteiger partial charge in [0.05, 0.1) is 24.4 Å². The number of aromatic amines is 1. The summed E-state index contributed by atoms with van der Waals surface area (Å²) >= 11 is 6.46. The standard InChI is InChI=1S/C20H24ClN5O5/c1-10(18(28)30-5)9-31-19(29)22-12-8-11(6-7-13(12)27)16-23-17-14(21)15(20(2,3)4)24-26(17)25-16/h6-8,10,24,27H,9H2,1-5H3,(H,22,29). The summed E-state index contributed by atoms with van der Waals surface area (Å²) < 4.78 is 11.1. The molecular formula is C20H24ClN5O5. The van der Waals surface area contributed by atoms with Gasteiger partial charge >= 0.3 is 12.1 Å². The summed E-state index contributed by atoms with van der Waals surface area (Å²) in [7, 11) is 1.25. The Balaban J connectivity index is 1.79. The van der Waals surface area contributed by atoms with Crippen molar-refractivity contribution in [2.24, 2.45) is 5.92 Å². The number of carbonyl (C=O) groups excluding carboxylic acids is 2. The number of rotatable bonds is 5. The van der Waals surface area contributed by atoms with E-state index in [-0.39, 0.29) is 23.5 Å². The van der Waals surface area contributed by atoms with Gasteiger partial charge in [-0.05, 0) is 25.1 Å². The minimum absolute atomic E-state index is 0.105. The van der Waals surface area contributed by atoms with Crippen molar-refractivity contribution in [2.45, 2.75) is 33.1 Å². The first-order chi connectivity index (χ1) is 14.5. The van der Waals surface area contributed by atoms with Crippen LogP contribution >= 0.6 is 11.6 Å². The maximum atomic E-state index is 12.0. The van der Waals surface area contributed by atoms with Crippen molar-refractivity contribution in [3.63, 3.8) is 0 Å². The molecule has 0 radical (unpaired) electrons. The second-order valence-corrected chi connectivity index (χ2v) is 8.48. The van der Waals surface area contributed by atoms with Crippen molar-refractivity contribution < 1.29 is 24.2 Å². The summed E-state index contributed by atoms with van der Waals surface area (Å²) in [5.41, 5.74) is 1.73. The van der Waals surface area contributed by atoms with E-state index < -0.39 is 18.0 Å². The molecule has 31 heavy (non-hydrogen) atoms. The first kappa shape index (κ1) is 22.4. The smallest absolute Gasteiger partial charge is 0.411 e. The highest BCUT2D eigenvalue weighted by Crippen LogP contribution is 2.33. The lowest BCUT2D eigenvalue weighted by molar-refractivity contribution is -0.146. The number of hydrogen-bond donors (Lipinski definition) is 3. The van der Waals surface area contributed by atoms with E-state index in [0.29, 0.717) is 22.1 Å². The predicted molar refractivity (Wildman–Crippen MR) is 114 cm³/mol. The van der Waals surface area contributed by atoms with Crippen LogP contribution < -0.4 is 5.32 Å². The van der Waals surface area contributed by atoms with Gasteiger partial charge in [-0.3, -0.25) is 15.2 Å². The number of nitrogens with zero attached hydrogens (tertiary/aromatic N) is 3. The SMILES string of the molecule is COC(=O)C(C)COC(=O)Nc1cc(-c2nc3c(Cl)c(C(C)(C)C)[nH]n3n2)ccc1O. The molecule has 10 nitrogen and oxygen atoms in total. The van der Waals surface area contributed by atoms with Crippen LogP contribution in [-0.4, -0.2) is 50.7 Å². The Bertz CT molecular complexity index is 1130. The molecule has 0 aliphatic rings. The molecule has 3 rings (SSSR count). The molecule has 0 spiro atoms. The van der Waals surface area contributed by atoms with E-state index in [1.54, 1.807) is 13.0 Å². The first-order valence-corrected chi connectivity index (χ1v) is 9.88. The molecule has 0 saturated carbocycles. The summed E-state index contributed by atoms with van der Waals surface area (Å²) in [6, 6.07) is 4.52. The van der Waals surface area contributed by atoms with Gasteiger partial charge in [-0.2, -0.15) is 4.63 Å². The zero-order chi connectivity index (χ0) is 22.9. The minimum Gasteiger partial charge on any atom is -0.506 e. The van der Waals surface area contributed by atoms with Crippen LogP contribution in [-0.2, 0) is 19.7 Å². The van der Waals surface area contributed by atoms with Gasteiger partial charge in [0.15, 0.2) is 11.5 Å². The zero-order valence-corrected chi connectivity index (χ0v) is 18.6. The van der Waals surface area contributed by atoms with Gasteiger partial charge in [0.25, 0.3) is 0 Å². The molecule has 166 valence electrons. The number of H-pyrrole nitrogens is 1. The third kappa shape index (κ3) is 4.74. The predicted octanol–water partition coefficient (Wildman–Crippen LogP) is 3.74.